The molecule has 0 fully saturated rings. The van der Waals surface area contributed by atoms with Crippen LogP contribution in [0, 0.1) is 0 Å². The number of hydrogen-bond donors (Lipinski definition) is 3. The van der Waals surface area contributed by atoms with Gasteiger partial charge in [0.05, 0.1) is 11.4 Å². The number of halogens is 1. The van der Waals surface area contributed by atoms with E-state index in [0.29, 0.717) is 0 Å². The van der Waals surface area contributed by atoms with E-state index in [-0.39, 0.29) is 23.4 Å². The second kappa shape index (κ2) is 9.70. The number of carboxylic acids is 1. The molecule has 1 unspecified atom stereocenters. The highest BCUT2D eigenvalue weighted by atomic mass is 35.5. The first kappa shape index (κ1) is 22.3. The fourth-order valence-corrected chi connectivity index (χ4v) is 4.02. The summed E-state index contributed by atoms with van der Waals surface area (Å²) < 4.78 is 5.41. The van der Waals surface area contributed by atoms with Gasteiger partial charge in [-0.15, -0.1) is 0 Å². The molecule has 0 spiro atoms. The van der Waals surface area contributed by atoms with Crippen LogP contribution in [0.3, 0.4) is 0 Å². The maximum atomic E-state index is 12.6. The number of alkyl carbamates (subject to hydrolysis) is 1. The fraction of sp³-hybridized carbons (Fsp3) is 0.167. The van der Waals surface area contributed by atoms with E-state index in [1.807, 2.05) is 48.5 Å². The van der Waals surface area contributed by atoms with Gasteiger partial charge in [0.1, 0.15) is 12.6 Å². The van der Waals surface area contributed by atoms with Crippen LogP contribution in [0.25, 0.3) is 11.1 Å². The maximum Gasteiger partial charge on any atom is 0.407 e. The minimum atomic E-state index is -1.38. The molecule has 0 bridgehead atoms. The lowest BCUT2D eigenvalue weighted by atomic mass is 9.98. The number of nitrogens with one attached hydrogen (secondary N) is 2. The van der Waals surface area contributed by atoms with E-state index in [4.69, 9.17) is 16.3 Å². The number of pyridine rings is 1. The van der Waals surface area contributed by atoms with E-state index < -0.39 is 30.4 Å². The van der Waals surface area contributed by atoms with Crippen molar-refractivity contribution in [2.45, 2.75) is 18.4 Å². The normalized spacial score (nSPS) is 12.9. The Kier molecular flexibility index (Phi) is 6.55. The topological polar surface area (TPSA) is 118 Å². The second-order valence-electron chi connectivity index (χ2n) is 7.44. The Labute approximate surface area is 194 Å². The van der Waals surface area contributed by atoms with Gasteiger partial charge in [-0.1, -0.05) is 60.1 Å². The minimum absolute atomic E-state index is 0.0351. The molecule has 0 radical (unpaired) electrons. The summed E-state index contributed by atoms with van der Waals surface area (Å²) in [7, 11) is 0. The van der Waals surface area contributed by atoms with Gasteiger partial charge in [0.25, 0.3) is 0 Å². The van der Waals surface area contributed by atoms with E-state index >= 15 is 0 Å². The molecule has 1 atom stereocenters. The van der Waals surface area contributed by atoms with E-state index in [1.54, 1.807) is 6.07 Å². The summed E-state index contributed by atoms with van der Waals surface area (Å²) in [5, 5.41) is 14.1. The van der Waals surface area contributed by atoms with Crippen molar-refractivity contribution >= 4 is 35.4 Å². The van der Waals surface area contributed by atoms with Crippen LogP contribution in [0.4, 0.5) is 10.6 Å². The first-order valence-electron chi connectivity index (χ1n) is 10.2. The SMILES string of the molecule is O=C(O)CC(NC(=O)OCC1c2ccccc2-c2ccccc21)C(=O)Nc1ncccc1Cl. The van der Waals surface area contributed by atoms with E-state index in [1.165, 1.54) is 12.3 Å². The zero-order valence-corrected chi connectivity index (χ0v) is 18.1. The highest BCUT2D eigenvalue weighted by Gasteiger charge is 2.30. The number of aromatic nitrogens is 1. The molecule has 1 aliphatic rings. The molecule has 4 rings (SSSR count). The van der Waals surface area contributed by atoms with E-state index in [9.17, 15) is 19.5 Å². The molecule has 8 nitrogen and oxygen atoms in total. The van der Waals surface area contributed by atoms with Crippen LogP contribution in [-0.4, -0.2) is 40.7 Å². The van der Waals surface area contributed by atoms with Crippen molar-refractivity contribution < 1.29 is 24.2 Å². The molecular formula is C24H20ClN3O5. The molecule has 0 saturated heterocycles. The zero-order valence-electron chi connectivity index (χ0n) is 17.3. The van der Waals surface area contributed by atoms with Crippen molar-refractivity contribution in [2.75, 3.05) is 11.9 Å². The summed E-state index contributed by atoms with van der Waals surface area (Å²) in [5.74, 6) is -2.14. The summed E-state index contributed by atoms with van der Waals surface area (Å²) in [6, 6.07) is 17.5. The number of carbonyl (C=O) groups is 3. The van der Waals surface area contributed by atoms with Gasteiger partial charge in [-0.25, -0.2) is 9.78 Å². The number of rotatable bonds is 7. The predicted molar refractivity (Wildman–Crippen MR) is 122 cm³/mol. The number of aliphatic carboxylic acids is 1. The van der Waals surface area contributed by atoms with Crippen LogP contribution >= 0.6 is 11.6 Å². The third-order valence-corrected chi connectivity index (χ3v) is 5.64. The van der Waals surface area contributed by atoms with Crippen LogP contribution < -0.4 is 10.6 Å². The van der Waals surface area contributed by atoms with Gasteiger partial charge in [0.15, 0.2) is 5.82 Å². The number of carboxylic acid groups (broad SMARTS) is 1. The second-order valence-corrected chi connectivity index (χ2v) is 7.85. The Balaban J connectivity index is 1.43. The third-order valence-electron chi connectivity index (χ3n) is 5.33. The van der Waals surface area contributed by atoms with E-state index in [2.05, 4.69) is 15.6 Å². The molecule has 2 aromatic carbocycles. The first-order chi connectivity index (χ1) is 15.9. The molecular weight excluding hydrogens is 446 g/mol. The molecule has 0 saturated carbocycles. The van der Waals surface area contributed by atoms with Crippen molar-refractivity contribution in [2.24, 2.45) is 0 Å². The minimum Gasteiger partial charge on any atom is -0.481 e. The van der Waals surface area contributed by atoms with Gasteiger partial charge >= 0.3 is 12.1 Å². The Hall–Kier alpha value is -3.91. The number of nitrogens with zero attached hydrogens (tertiary/aromatic N) is 1. The molecule has 9 heteroatoms. The van der Waals surface area contributed by atoms with Gasteiger partial charge in [0, 0.05) is 12.1 Å². The molecule has 1 heterocycles. The Morgan fingerprint density at radius 1 is 1.00 bits per heavy atom. The maximum absolute atomic E-state index is 12.6. The lowest BCUT2D eigenvalue weighted by molar-refractivity contribution is -0.139. The zero-order chi connectivity index (χ0) is 23.4. The average molecular weight is 466 g/mol. The lowest BCUT2D eigenvalue weighted by Gasteiger charge is -2.18. The molecule has 0 aliphatic heterocycles. The lowest BCUT2D eigenvalue weighted by Crippen LogP contribution is -2.45. The van der Waals surface area contributed by atoms with Gasteiger partial charge in [-0.2, -0.15) is 0 Å². The number of benzene rings is 2. The summed E-state index contributed by atoms with van der Waals surface area (Å²) in [6.45, 7) is 0.0351. The summed E-state index contributed by atoms with van der Waals surface area (Å²) in [4.78, 5) is 40.2. The number of ether oxygens (including phenoxy) is 1. The van der Waals surface area contributed by atoms with Crippen LogP contribution in [0.1, 0.15) is 23.5 Å². The van der Waals surface area contributed by atoms with Crippen LogP contribution in [-0.2, 0) is 14.3 Å². The smallest absolute Gasteiger partial charge is 0.407 e. The molecule has 33 heavy (non-hydrogen) atoms. The molecule has 3 N–H and O–H groups in total. The Bertz CT molecular complexity index is 1170. The molecule has 1 aromatic heterocycles. The average Bonchev–Trinajstić information content (AvgIpc) is 3.12. The standard InChI is InChI=1S/C24H20ClN3O5/c25-19-10-5-11-26-22(19)28-23(31)20(12-21(29)30)27-24(32)33-13-18-16-8-3-1-6-14(16)15-7-2-4-9-17(15)18/h1-11,18,20H,12-13H2,(H,27,32)(H,29,30)(H,26,28,31). The fourth-order valence-electron chi connectivity index (χ4n) is 3.85. The van der Waals surface area contributed by atoms with Gasteiger partial charge in [-0.3, -0.25) is 9.59 Å². The summed E-state index contributed by atoms with van der Waals surface area (Å²) in [6.07, 6.45) is -0.113. The Morgan fingerprint density at radius 3 is 2.24 bits per heavy atom. The molecule has 3 aromatic rings. The summed E-state index contributed by atoms with van der Waals surface area (Å²) in [5.41, 5.74) is 4.24. The van der Waals surface area contributed by atoms with Gasteiger partial charge in [0.2, 0.25) is 5.91 Å². The number of amides is 2. The Morgan fingerprint density at radius 2 is 1.64 bits per heavy atom. The molecule has 1 aliphatic carbocycles. The highest BCUT2D eigenvalue weighted by molar-refractivity contribution is 6.33. The monoisotopic (exact) mass is 465 g/mol. The third kappa shape index (κ3) is 4.96. The van der Waals surface area contributed by atoms with Crippen molar-refractivity contribution in [3.63, 3.8) is 0 Å². The molecule has 2 amide bonds. The van der Waals surface area contributed by atoms with Crippen molar-refractivity contribution in [1.29, 1.82) is 0 Å². The first-order valence-corrected chi connectivity index (χ1v) is 10.6. The molecule has 168 valence electrons. The number of anilines is 1. The van der Waals surface area contributed by atoms with Crippen LogP contribution in [0.15, 0.2) is 66.9 Å². The van der Waals surface area contributed by atoms with Crippen molar-refractivity contribution in [1.82, 2.24) is 10.3 Å². The van der Waals surface area contributed by atoms with Crippen LogP contribution in [0.5, 0.6) is 0 Å². The quantitative estimate of drug-likeness (QED) is 0.484. The van der Waals surface area contributed by atoms with Gasteiger partial charge < -0.3 is 20.5 Å². The van der Waals surface area contributed by atoms with Crippen molar-refractivity contribution in [3.05, 3.63) is 83.0 Å². The van der Waals surface area contributed by atoms with E-state index in [0.717, 1.165) is 22.3 Å². The summed E-state index contributed by atoms with van der Waals surface area (Å²) >= 11 is 5.98. The largest absolute Gasteiger partial charge is 0.481 e. The van der Waals surface area contributed by atoms with Crippen molar-refractivity contribution in [3.8, 4) is 11.1 Å². The number of hydrogen-bond acceptors (Lipinski definition) is 5. The number of fused-ring (bicyclic) bond motifs is 3. The van der Waals surface area contributed by atoms with Crippen LogP contribution in [0.2, 0.25) is 5.02 Å². The highest BCUT2D eigenvalue weighted by Crippen LogP contribution is 2.44. The number of carbonyl (C=O) groups excluding carboxylic acids is 2. The predicted octanol–water partition coefficient (Wildman–Crippen LogP) is 4.06. The van der Waals surface area contributed by atoms with Gasteiger partial charge in [-0.05, 0) is 34.4 Å².